The highest BCUT2D eigenvalue weighted by atomic mass is 32.2. The molecule has 0 aliphatic carbocycles. The molecule has 7 heteroatoms. The van der Waals surface area contributed by atoms with Gasteiger partial charge in [-0.25, -0.2) is 13.4 Å². The summed E-state index contributed by atoms with van der Waals surface area (Å²) in [7, 11) is -3.35. The van der Waals surface area contributed by atoms with Gasteiger partial charge in [-0.05, 0) is 18.9 Å². The van der Waals surface area contributed by atoms with Gasteiger partial charge in [-0.3, -0.25) is 4.90 Å². The number of hydrogen-bond donors (Lipinski definition) is 0. The van der Waals surface area contributed by atoms with Crippen LogP contribution in [-0.4, -0.2) is 52.1 Å². The lowest BCUT2D eigenvalue weighted by Gasteiger charge is -2.25. The monoisotopic (exact) mass is 312 g/mol. The molecule has 21 heavy (non-hydrogen) atoms. The van der Waals surface area contributed by atoms with E-state index in [4.69, 9.17) is 4.74 Å². The van der Waals surface area contributed by atoms with Gasteiger partial charge in [0.05, 0.1) is 13.2 Å². The largest absolute Gasteiger partial charge is 0.373 e. The fraction of sp³-hybridized carbons (Fsp3) is 0.643. The molecule has 1 N–H and O–H groups in total. The molecule has 1 aromatic rings. The fourth-order valence-corrected chi connectivity index (χ4v) is 4.30. The van der Waals surface area contributed by atoms with Crippen molar-refractivity contribution in [2.75, 3.05) is 44.3 Å². The lowest BCUT2D eigenvalue weighted by atomic mass is 10.2. The van der Waals surface area contributed by atoms with Crippen molar-refractivity contribution in [3.63, 3.8) is 0 Å². The van der Waals surface area contributed by atoms with E-state index in [9.17, 15) is 8.42 Å². The SMILES string of the molecule is O=S(=O)(c1ccc(N2CCOCC2)[nH+]c1)N1CCCCC1. The molecular weight excluding hydrogens is 290 g/mol. The minimum atomic E-state index is -3.35. The number of ether oxygens (including phenoxy) is 1. The summed E-state index contributed by atoms with van der Waals surface area (Å²) in [6, 6.07) is 3.55. The highest BCUT2D eigenvalue weighted by Gasteiger charge is 2.27. The Morgan fingerprint density at radius 3 is 2.33 bits per heavy atom. The Hall–Kier alpha value is -1.18. The average molecular weight is 312 g/mol. The topological polar surface area (TPSA) is 64.0 Å². The molecule has 0 amide bonds. The highest BCUT2D eigenvalue weighted by Crippen LogP contribution is 2.20. The number of nitrogens with zero attached hydrogens (tertiary/aromatic N) is 2. The summed E-state index contributed by atoms with van der Waals surface area (Å²) in [4.78, 5) is 5.63. The van der Waals surface area contributed by atoms with Crippen molar-refractivity contribution in [2.45, 2.75) is 24.2 Å². The second kappa shape index (κ2) is 6.29. The minimum absolute atomic E-state index is 0.349. The molecule has 0 spiro atoms. The second-order valence-corrected chi connectivity index (χ2v) is 7.41. The van der Waals surface area contributed by atoms with Gasteiger partial charge in [0.1, 0.15) is 24.2 Å². The quantitative estimate of drug-likeness (QED) is 0.816. The molecule has 6 nitrogen and oxygen atoms in total. The number of aromatic amines is 1. The highest BCUT2D eigenvalue weighted by molar-refractivity contribution is 7.89. The van der Waals surface area contributed by atoms with Crippen LogP contribution in [0.4, 0.5) is 5.82 Å². The molecule has 0 atom stereocenters. The standard InChI is InChI=1S/C14H21N3O3S/c18-21(19,17-6-2-1-3-7-17)13-4-5-14(15-12-13)16-8-10-20-11-9-16/h4-5,12H,1-3,6-11H2/p+1. The van der Waals surface area contributed by atoms with Gasteiger partial charge in [0.25, 0.3) is 5.82 Å². The fourth-order valence-electron chi connectivity index (χ4n) is 2.82. The number of sulfonamides is 1. The normalized spacial score (nSPS) is 21.4. The van der Waals surface area contributed by atoms with Gasteiger partial charge in [0.15, 0.2) is 0 Å². The smallest absolute Gasteiger partial charge is 0.274 e. The molecule has 0 unspecified atom stereocenters. The van der Waals surface area contributed by atoms with Crippen molar-refractivity contribution < 1.29 is 18.1 Å². The first-order valence-electron chi connectivity index (χ1n) is 7.52. The van der Waals surface area contributed by atoms with Crippen molar-refractivity contribution >= 4 is 15.8 Å². The average Bonchev–Trinajstić information content (AvgIpc) is 2.57. The van der Waals surface area contributed by atoms with Crippen LogP contribution in [0.5, 0.6) is 0 Å². The van der Waals surface area contributed by atoms with Crippen LogP contribution in [0, 0.1) is 0 Å². The summed E-state index contributed by atoms with van der Waals surface area (Å²) in [6.07, 6.45) is 4.63. The number of hydrogen-bond acceptors (Lipinski definition) is 4. The predicted molar refractivity (Wildman–Crippen MR) is 78.6 cm³/mol. The predicted octanol–water partition coefficient (Wildman–Crippen LogP) is 0.512. The van der Waals surface area contributed by atoms with Gasteiger partial charge in [-0.2, -0.15) is 4.31 Å². The van der Waals surface area contributed by atoms with Crippen LogP contribution in [-0.2, 0) is 14.8 Å². The Balaban J connectivity index is 1.76. The van der Waals surface area contributed by atoms with Crippen LogP contribution in [0.1, 0.15) is 19.3 Å². The van der Waals surface area contributed by atoms with Crippen LogP contribution in [0.25, 0.3) is 0 Å². The molecule has 3 heterocycles. The number of morpholine rings is 1. The van der Waals surface area contributed by atoms with Gasteiger partial charge in [0, 0.05) is 19.2 Å². The number of H-pyrrole nitrogens is 1. The molecule has 0 radical (unpaired) electrons. The molecular formula is C14H22N3O3S+. The molecule has 0 aromatic carbocycles. The lowest BCUT2D eigenvalue weighted by Crippen LogP contribution is -2.40. The number of piperidine rings is 1. The Labute approximate surface area is 125 Å². The van der Waals surface area contributed by atoms with Gasteiger partial charge < -0.3 is 4.74 Å². The maximum absolute atomic E-state index is 12.5. The van der Waals surface area contributed by atoms with Crippen LogP contribution in [0.3, 0.4) is 0 Å². The van der Waals surface area contributed by atoms with E-state index in [2.05, 4.69) is 9.88 Å². The van der Waals surface area contributed by atoms with E-state index in [1.54, 1.807) is 16.6 Å². The summed E-state index contributed by atoms with van der Waals surface area (Å²) < 4.78 is 32.0. The first-order valence-corrected chi connectivity index (χ1v) is 8.96. The van der Waals surface area contributed by atoms with Crippen LogP contribution in [0.2, 0.25) is 0 Å². The van der Waals surface area contributed by atoms with Crippen molar-refractivity contribution in [2.24, 2.45) is 0 Å². The third kappa shape index (κ3) is 3.20. The zero-order valence-electron chi connectivity index (χ0n) is 12.1. The Morgan fingerprint density at radius 1 is 1.00 bits per heavy atom. The number of anilines is 1. The van der Waals surface area contributed by atoms with Crippen LogP contribution >= 0.6 is 0 Å². The van der Waals surface area contributed by atoms with E-state index >= 15 is 0 Å². The van der Waals surface area contributed by atoms with Crippen LogP contribution < -0.4 is 9.88 Å². The van der Waals surface area contributed by atoms with E-state index in [-0.39, 0.29) is 0 Å². The molecule has 0 bridgehead atoms. The molecule has 116 valence electrons. The third-order valence-corrected chi connectivity index (χ3v) is 5.97. The Bertz CT molecular complexity index is 562. The number of aromatic nitrogens is 1. The Kier molecular flexibility index (Phi) is 4.42. The van der Waals surface area contributed by atoms with E-state index < -0.39 is 10.0 Å². The van der Waals surface area contributed by atoms with Gasteiger partial charge in [0.2, 0.25) is 10.0 Å². The third-order valence-electron chi connectivity index (χ3n) is 4.07. The molecule has 2 fully saturated rings. The molecule has 0 saturated carbocycles. The summed E-state index contributed by atoms with van der Waals surface area (Å²) in [5.41, 5.74) is 0. The Morgan fingerprint density at radius 2 is 1.71 bits per heavy atom. The zero-order chi connectivity index (χ0) is 14.7. The van der Waals surface area contributed by atoms with E-state index in [0.717, 1.165) is 38.2 Å². The van der Waals surface area contributed by atoms with Crippen molar-refractivity contribution in [3.8, 4) is 0 Å². The minimum Gasteiger partial charge on any atom is -0.373 e. The molecule has 1 aromatic heterocycles. The van der Waals surface area contributed by atoms with Crippen molar-refractivity contribution in [1.29, 1.82) is 0 Å². The van der Waals surface area contributed by atoms with Gasteiger partial charge in [-0.1, -0.05) is 6.42 Å². The van der Waals surface area contributed by atoms with E-state index in [0.29, 0.717) is 31.2 Å². The number of rotatable bonds is 3. The number of pyridine rings is 1. The van der Waals surface area contributed by atoms with Crippen molar-refractivity contribution in [1.82, 2.24) is 4.31 Å². The summed E-state index contributed by atoms with van der Waals surface area (Å²) >= 11 is 0. The van der Waals surface area contributed by atoms with Crippen LogP contribution in [0.15, 0.2) is 23.2 Å². The van der Waals surface area contributed by atoms with Gasteiger partial charge >= 0.3 is 0 Å². The second-order valence-electron chi connectivity index (χ2n) is 5.47. The first kappa shape index (κ1) is 14.7. The maximum atomic E-state index is 12.5. The molecule has 3 rings (SSSR count). The number of nitrogens with one attached hydrogen (secondary N) is 1. The maximum Gasteiger partial charge on any atom is 0.274 e. The van der Waals surface area contributed by atoms with E-state index in [1.807, 2.05) is 6.07 Å². The lowest BCUT2D eigenvalue weighted by molar-refractivity contribution is -0.367. The zero-order valence-corrected chi connectivity index (χ0v) is 12.9. The van der Waals surface area contributed by atoms with Crippen molar-refractivity contribution in [3.05, 3.63) is 18.3 Å². The molecule has 2 aliphatic rings. The first-order chi connectivity index (χ1) is 10.2. The summed E-state index contributed by atoms with van der Waals surface area (Å²) in [6.45, 7) is 4.34. The van der Waals surface area contributed by atoms with E-state index in [1.165, 1.54) is 0 Å². The summed E-state index contributed by atoms with van der Waals surface area (Å²) in [5.74, 6) is 0.941. The molecule has 2 saturated heterocycles. The van der Waals surface area contributed by atoms with Gasteiger partial charge in [-0.15, -0.1) is 0 Å². The molecule has 2 aliphatic heterocycles. The summed E-state index contributed by atoms with van der Waals surface area (Å²) in [5, 5.41) is 0.